The van der Waals surface area contributed by atoms with Crippen molar-refractivity contribution in [3.8, 4) is 22.6 Å². The normalized spacial score (nSPS) is 10.1. The van der Waals surface area contributed by atoms with E-state index >= 15 is 0 Å². The van der Waals surface area contributed by atoms with Crippen LogP contribution in [0, 0.1) is 5.82 Å². The molecule has 2 aromatic rings. The molecule has 19 heavy (non-hydrogen) atoms. The van der Waals surface area contributed by atoms with Crippen LogP contribution in [0.5, 0.6) is 11.5 Å². The van der Waals surface area contributed by atoms with Crippen molar-refractivity contribution in [3.05, 3.63) is 54.4 Å². The minimum absolute atomic E-state index is 0.291. The standard InChI is InChI=1S/C16H15FO2/c1-4-11-10-12(17)8-9-13(11)14-6-5-7-15(18-2)16(14)19-3/h4-10H,1H2,2-3H3. The molecule has 0 spiro atoms. The lowest BCUT2D eigenvalue weighted by Crippen LogP contribution is -1.94. The molecular formula is C16H15FO2. The Morgan fingerprint density at radius 3 is 2.47 bits per heavy atom. The van der Waals surface area contributed by atoms with Crippen molar-refractivity contribution >= 4 is 6.08 Å². The highest BCUT2D eigenvalue weighted by Gasteiger charge is 2.13. The molecule has 0 heterocycles. The maximum absolute atomic E-state index is 13.3. The summed E-state index contributed by atoms with van der Waals surface area (Å²) in [6.07, 6.45) is 1.62. The fourth-order valence-corrected chi connectivity index (χ4v) is 2.05. The summed E-state index contributed by atoms with van der Waals surface area (Å²) >= 11 is 0. The van der Waals surface area contributed by atoms with Crippen molar-refractivity contribution < 1.29 is 13.9 Å². The van der Waals surface area contributed by atoms with Gasteiger partial charge in [0, 0.05) is 5.56 Å². The summed E-state index contributed by atoms with van der Waals surface area (Å²) in [5.41, 5.74) is 2.41. The van der Waals surface area contributed by atoms with Crippen molar-refractivity contribution in [1.29, 1.82) is 0 Å². The first kappa shape index (κ1) is 13.1. The van der Waals surface area contributed by atoms with Crippen molar-refractivity contribution in [2.75, 3.05) is 14.2 Å². The quantitative estimate of drug-likeness (QED) is 0.820. The first-order valence-corrected chi connectivity index (χ1v) is 5.84. The van der Waals surface area contributed by atoms with Crippen LogP contribution in [0.25, 0.3) is 17.2 Å². The maximum Gasteiger partial charge on any atom is 0.168 e. The Morgan fingerprint density at radius 1 is 1.05 bits per heavy atom. The Hall–Kier alpha value is -2.29. The van der Waals surface area contributed by atoms with Gasteiger partial charge in [0.25, 0.3) is 0 Å². The molecule has 0 atom stereocenters. The van der Waals surface area contributed by atoms with Crippen LogP contribution in [0.2, 0.25) is 0 Å². The summed E-state index contributed by atoms with van der Waals surface area (Å²) in [4.78, 5) is 0. The monoisotopic (exact) mass is 258 g/mol. The van der Waals surface area contributed by atoms with Gasteiger partial charge in [0.2, 0.25) is 0 Å². The average molecular weight is 258 g/mol. The number of para-hydroxylation sites is 1. The predicted octanol–water partition coefficient (Wildman–Crippen LogP) is 4.15. The minimum atomic E-state index is -0.291. The van der Waals surface area contributed by atoms with Gasteiger partial charge in [-0.15, -0.1) is 0 Å². The Kier molecular flexibility index (Phi) is 3.85. The molecule has 0 aliphatic carbocycles. The van der Waals surface area contributed by atoms with E-state index in [1.807, 2.05) is 18.2 Å². The minimum Gasteiger partial charge on any atom is -0.493 e. The highest BCUT2D eigenvalue weighted by molar-refractivity contribution is 5.80. The molecule has 0 unspecified atom stereocenters. The first-order valence-electron chi connectivity index (χ1n) is 5.84. The number of halogens is 1. The van der Waals surface area contributed by atoms with Crippen LogP contribution >= 0.6 is 0 Å². The van der Waals surface area contributed by atoms with E-state index in [0.29, 0.717) is 17.1 Å². The van der Waals surface area contributed by atoms with Crippen LogP contribution in [-0.4, -0.2) is 14.2 Å². The zero-order valence-corrected chi connectivity index (χ0v) is 10.9. The molecule has 0 saturated carbocycles. The fourth-order valence-electron chi connectivity index (χ4n) is 2.05. The van der Waals surface area contributed by atoms with Gasteiger partial charge in [-0.25, -0.2) is 4.39 Å². The van der Waals surface area contributed by atoms with Crippen molar-refractivity contribution in [2.24, 2.45) is 0 Å². The summed E-state index contributed by atoms with van der Waals surface area (Å²) < 4.78 is 23.9. The largest absolute Gasteiger partial charge is 0.493 e. The molecule has 98 valence electrons. The van der Waals surface area contributed by atoms with Gasteiger partial charge in [-0.05, 0) is 29.3 Å². The smallest absolute Gasteiger partial charge is 0.168 e. The van der Waals surface area contributed by atoms with Crippen LogP contribution in [0.4, 0.5) is 4.39 Å². The third-order valence-corrected chi connectivity index (χ3v) is 2.93. The van der Waals surface area contributed by atoms with Gasteiger partial charge in [0.15, 0.2) is 11.5 Å². The van der Waals surface area contributed by atoms with Gasteiger partial charge in [-0.1, -0.05) is 30.9 Å². The molecule has 2 rings (SSSR count). The molecule has 0 aliphatic heterocycles. The molecule has 0 bridgehead atoms. The number of benzene rings is 2. The first-order chi connectivity index (χ1) is 9.21. The molecule has 2 aromatic carbocycles. The maximum atomic E-state index is 13.3. The van der Waals surface area contributed by atoms with Gasteiger partial charge in [-0.2, -0.15) is 0 Å². The van der Waals surface area contributed by atoms with Crippen LogP contribution in [0.1, 0.15) is 5.56 Å². The lowest BCUT2D eigenvalue weighted by Gasteiger charge is -2.14. The highest BCUT2D eigenvalue weighted by Crippen LogP contribution is 2.39. The second-order valence-electron chi connectivity index (χ2n) is 3.98. The summed E-state index contributed by atoms with van der Waals surface area (Å²) in [5, 5.41) is 0. The Bertz CT molecular complexity index is 606. The van der Waals surface area contributed by atoms with Crippen LogP contribution in [-0.2, 0) is 0 Å². The van der Waals surface area contributed by atoms with E-state index in [1.54, 1.807) is 26.4 Å². The zero-order valence-electron chi connectivity index (χ0n) is 10.9. The lowest BCUT2D eigenvalue weighted by molar-refractivity contribution is 0.356. The molecule has 2 nitrogen and oxygen atoms in total. The van der Waals surface area contributed by atoms with E-state index in [9.17, 15) is 4.39 Å². The number of rotatable bonds is 4. The number of methoxy groups -OCH3 is 2. The van der Waals surface area contributed by atoms with Crippen LogP contribution in [0.3, 0.4) is 0 Å². The molecule has 0 saturated heterocycles. The highest BCUT2D eigenvalue weighted by atomic mass is 19.1. The Morgan fingerprint density at radius 2 is 1.84 bits per heavy atom. The number of hydrogen-bond acceptors (Lipinski definition) is 2. The molecule has 0 aliphatic rings. The summed E-state index contributed by atoms with van der Waals surface area (Å²) in [6, 6.07) is 10.2. The third-order valence-electron chi connectivity index (χ3n) is 2.93. The molecule has 0 N–H and O–H groups in total. The van der Waals surface area contributed by atoms with Gasteiger partial charge >= 0.3 is 0 Å². The second-order valence-corrected chi connectivity index (χ2v) is 3.98. The topological polar surface area (TPSA) is 18.5 Å². The van der Waals surface area contributed by atoms with Gasteiger partial charge < -0.3 is 9.47 Å². The average Bonchev–Trinajstić information content (AvgIpc) is 2.46. The lowest BCUT2D eigenvalue weighted by atomic mass is 9.98. The fraction of sp³-hybridized carbons (Fsp3) is 0.125. The van der Waals surface area contributed by atoms with E-state index in [1.165, 1.54) is 12.1 Å². The van der Waals surface area contributed by atoms with E-state index in [-0.39, 0.29) is 5.82 Å². The van der Waals surface area contributed by atoms with Crippen molar-refractivity contribution in [2.45, 2.75) is 0 Å². The predicted molar refractivity (Wildman–Crippen MR) is 75.0 cm³/mol. The van der Waals surface area contributed by atoms with Crippen molar-refractivity contribution in [3.63, 3.8) is 0 Å². The summed E-state index contributed by atoms with van der Waals surface area (Å²) in [5.74, 6) is 0.972. The second kappa shape index (κ2) is 5.57. The van der Waals surface area contributed by atoms with Crippen LogP contribution < -0.4 is 9.47 Å². The zero-order chi connectivity index (χ0) is 13.8. The molecular weight excluding hydrogens is 243 g/mol. The SMILES string of the molecule is C=Cc1cc(F)ccc1-c1cccc(OC)c1OC. The summed E-state index contributed by atoms with van der Waals surface area (Å²) in [7, 11) is 3.17. The van der Waals surface area contributed by atoms with E-state index in [0.717, 1.165) is 11.1 Å². The van der Waals surface area contributed by atoms with E-state index < -0.39 is 0 Å². The van der Waals surface area contributed by atoms with Crippen LogP contribution in [0.15, 0.2) is 43.0 Å². The van der Waals surface area contributed by atoms with E-state index in [4.69, 9.17) is 9.47 Å². The third kappa shape index (κ3) is 2.45. The number of hydrogen-bond donors (Lipinski definition) is 0. The summed E-state index contributed by atoms with van der Waals surface area (Å²) in [6.45, 7) is 3.72. The van der Waals surface area contributed by atoms with Gasteiger partial charge in [0.1, 0.15) is 5.82 Å². The molecule has 0 radical (unpaired) electrons. The van der Waals surface area contributed by atoms with Gasteiger partial charge in [0.05, 0.1) is 14.2 Å². The van der Waals surface area contributed by atoms with Gasteiger partial charge in [-0.3, -0.25) is 0 Å². The Balaban J connectivity index is 2.68. The molecule has 0 fully saturated rings. The van der Waals surface area contributed by atoms with E-state index in [2.05, 4.69) is 6.58 Å². The number of ether oxygens (including phenoxy) is 2. The molecule has 0 aromatic heterocycles. The van der Waals surface area contributed by atoms with Crippen molar-refractivity contribution in [1.82, 2.24) is 0 Å². The molecule has 3 heteroatoms. The Labute approximate surface area is 112 Å². The molecule has 0 amide bonds.